The number of hydrogen-bond acceptors (Lipinski definition) is 2. The lowest BCUT2D eigenvalue weighted by Gasteiger charge is -1.95. The average molecular weight is 207 g/mol. The van der Waals surface area contributed by atoms with Gasteiger partial charge in [-0.25, -0.2) is 0 Å². The van der Waals surface area contributed by atoms with Crippen LogP contribution in [0.4, 0.5) is 0 Å². The molecule has 1 N–H and O–H groups in total. The van der Waals surface area contributed by atoms with E-state index in [9.17, 15) is 0 Å². The van der Waals surface area contributed by atoms with Crippen molar-refractivity contribution < 1.29 is 5.11 Å². The number of aliphatic hydroxyl groups is 1. The maximum Gasteiger partial charge on any atom is 0.105 e. The van der Waals surface area contributed by atoms with Crippen LogP contribution in [0.3, 0.4) is 0 Å². The van der Waals surface area contributed by atoms with Gasteiger partial charge in [0.15, 0.2) is 0 Å². The number of aromatic nitrogens is 1. The molecule has 0 bridgehead atoms. The standard InChI is InChI=1S/C14H9NO/c16-9-5-1-2-6-12-10-13-7-3-4-8-14(13)15-11-12/h3-4,7-8,10-11,16H,9H2. The van der Waals surface area contributed by atoms with E-state index in [1.54, 1.807) is 6.20 Å². The molecule has 0 unspecified atom stereocenters. The lowest BCUT2D eigenvalue weighted by Crippen LogP contribution is -1.81. The first-order chi connectivity index (χ1) is 7.90. The minimum absolute atomic E-state index is 0.162. The van der Waals surface area contributed by atoms with Gasteiger partial charge in [0.25, 0.3) is 0 Å². The molecule has 2 nitrogen and oxygen atoms in total. The molecule has 0 saturated heterocycles. The molecule has 2 heteroatoms. The van der Waals surface area contributed by atoms with Crippen LogP contribution in [-0.2, 0) is 0 Å². The van der Waals surface area contributed by atoms with Crippen LogP contribution in [-0.4, -0.2) is 16.7 Å². The van der Waals surface area contributed by atoms with Crippen molar-refractivity contribution in [1.82, 2.24) is 4.98 Å². The van der Waals surface area contributed by atoms with Crippen LogP contribution in [0.5, 0.6) is 0 Å². The van der Waals surface area contributed by atoms with Crippen molar-refractivity contribution in [2.45, 2.75) is 0 Å². The van der Waals surface area contributed by atoms with Gasteiger partial charge in [0.05, 0.1) is 5.52 Å². The van der Waals surface area contributed by atoms with E-state index in [4.69, 9.17) is 5.11 Å². The molecule has 2 aromatic rings. The maximum atomic E-state index is 8.45. The fraction of sp³-hybridized carbons (Fsp3) is 0.0714. The molecule has 0 radical (unpaired) electrons. The molecule has 0 amide bonds. The number of aliphatic hydroxyl groups excluding tert-OH is 1. The van der Waals surface area contributed by atoms with E-state index in [1.807, 2.05) is 30.3 Å². The average Bonchev–Trinajstić information content (AvgIpc) is 2.34. The molecule has 1 heterocycles. The van der Waals surface area contributed by atoms with Gasteiger partial charge in [-0.2, -0.15) is 0 Å². The second-order valence-electron chi connectivity index (χ2n) is 3.13. The number of hydrogen-bond donors (Lipinski definition) is 1. The van der Waals surface area contributed by atoms with Crippen LogP contribution in [0.2, 0.25) is 0 Å². The summed E-state index contributed by atoms with van der Waals surface area (Å²) in [5, 5.41) is 9.51. The monoisotopic (exact) mass is 207 g/mol. The molecule has 0 aliphatic carbocycles. The Balaban J connectivity index is 2.35. The molecule has 1 aromatic heterocycles. The first kappa shape index (κ1) is 10.2. The van der Waals surface area contributed by atoms with Crippen molar-refractivity contribution in [3.8, 4) is 23.7 Å². The van der Waals surface area contributed by atoms with E-state index in [0.29, 0.717) is 0 Å². The Morgan fingerprint density at radius 3 is 2.94 bits per heavy atom. The third kappa shape index (κ3) is 2.39. The highest BCUT2D eigenvalue weighted by Crippen LogP contribution is 2.11. The molecule has 0 saturated carbocycles. The Hall–Kier alpha value is -2.29. The summed E-state index contributed by atoms with van der Waals surface area (Å²) in [5.41, 5.74) is 1.78. The number of rotatable bonds is 0. The number of benzene rings is 1. The summed E-state index contributed by atoms with van der Waals surface area (Å²) >= 11 is 0. The van der Waals surface area contributed by atoms with E-state index in [2.05, 4.69) is 28.7 Å². The van der Waals surface area contributed by atoms with E-state index in [0.717, 1.165) is 16.5 Å². The van der Waals surface area contributed by atoms with Crippen molar-refractivity contribution in [3.05, 3.63) is 42.1 Å². The van der Waals surface area contributed by atoms with Gasteiger partial charge in [-0.1, -0.05) is 30.0 Å². The summed E-state index contributed by atoms with van der Waals surface area (Å²) in [6.07, 6.45) is 1.72. The van der Waals surface area contributed by atoms with Gasteiger partial charge in [-0.15, -0.1) is 0 Å². The van der Waals surface area contributed by atoms with Gasteiger partial charge in [0.1, 0.15) is 6.61 Å². The van der Waals surface area contributed by atoms with Crippen LogP contribution < -0.4 is 0 Å². The van der Waals surface area contributed by atoms with E-state index in [-0.39, 0.29) is 6.61 Å². The zero-order valence-corrected chi connectivity index (χ0v) is 8.57. The Kier molecular flexibility index (Phi) is 3.18. The molecule has 0 aliphatic heterocycles. The summed E-state index contributed by atoms with van der Waals surface area (Å²) in [6, 6.07) is 9.83. The van der Waals surface area contributed by atoms with Crippen LogP contribution in [0.25, 0.3) is 10.9 Å². The summed E-state index contributed by atoms with van der Waals surface area (Å²) in [4.78, 5) is 4.28. The van der Waals surface area contributed by atoms with Crippen LogP contribution in [0.15, 0.2) is 36.5 Å². The van der Waals surface area contributed by atoms with Crippen LogP contribution >= 0.6 is 0 Å². The van der Waals surface area contributed by atoms with E-state index < -0.39 is 0 Å². The van der Waals surface area contributed by atoms with Gasteiger partial charge in [0.2, 0.25) is 0 Å². The normalized spacial score (nSPS) is 8.81. The highest BCUT2D eigenvalue weighted by molar-refractivity contribution is 5.79. The second kappa shape index (κ2) is 4.98. The SMILES string of the molecule is OCC#CC#Cc1cnc2ccccc2c1. The van der Waals surface area contributed by atoms with Gasteiger partial charge < -0.3 is 5.11 Å². The fourth-order valence-electron chi connectivity index (χ4n) is 1.33. The van der Waals surface area contributed by atoms with Crippen molar-refractivity contribution in [2.75, 3.05) is 6.61 Å². The van der Waals surface area contributed by atoms with Crippen molar-refractivity contribution >= 4 is 10.9 Å². The first-order valence-corrected chi connectivity index (χ1v) is 4.84. The van der Waals surface area contributed by atoms with Crippen molar-refractivity contribution in [2.24, 2.45) is 0 Å². The summed E-state index contributed by atoms with van der Waals surface area (Å²) in [6.45, 7) is -0.162. The molecule has 1 aromatic carbocycles. The number of pyridine rings is 1. The predicted octanol–water partition coefficient (Wildman–Crippen LogP) is 1.58. The van der Waals surface area contributed by atoms with Gasteiger partial charge in [-0.05, 0) is 24.0 Å². The highest BCUT2D eigenvalue weighted by Gasteiger charge is 1.93. The zero-order chi connectivity index (χ0) is 11.2. The zero-order valence-electron chi connectivity index (χ0n) is 8.57. The van der Waals surface area contributed by atoms with Gasteiger partial charge >= 0.3 is 0 Å². The maximum absolute atomic E-state index is 8.45. The summed E-state index contributed by atoms with van der Waals surface area (Å²) in [7, 11) is 0. The van der Waals surface area contributed by atoms with Gasteiger partial charge in [-0.3, -0.25) is 4.98 Å². The van der Waals surface area contributed by atoms with E-state index >= 15 is 0 Å². The molecular weight excluding hydrogens is 198 g/mol. The molecule has 0 aliphatic rings. The highest BCUT2D eigenvalue weighted by atomic mass is 16.2. The minimum atomic E-state index is -0.162. The predicted molar refractivity (Wildman–Crippen MR) is 63.5 cm³/mol. The second-order valence-corrected chi connectivity index (χ2v) is 3.13. The molecule has 16 heavy (non-hydrogen) atoms. The summed E-state index contributed by atoms with van der Waals surface area (Å²) in [5.74, 6) is 10.5. The van der Waals surface area contributed by atoms with Gasteiger partial charge in [0, 0.05) is 17.1 Å². The molecule has 2 rings (SSSR count). The lowest BCUT2D eigenvalue weighted by atomic mass is 10.2. The Labute approximate surface area is 94.0 Å². The lowest BCUT2D eigenvalue weighted by molar-refractivity contribution is 0.350. The largest absolute Gasteiger partial charge is 0.384 e. The smallest absolute Gasteiger partial charge is 0.105 e. The van der Waals surface area contributed by atoms with Crippen LogP contribution in [0.1, 0.15) is 5.56 Å². The minimum Gasteiger partial charge on any atom is -0.384 e. The fourth-order valence-corrected chi connectivity index (χ4v) is 1.33. The first-order valence-electron chi connectivity index (χ1n) is 4.84. The molecule has 76 valence electrons. The quantitative estimate of drug-likeness (QED) is 0.665. The third-order valence-corrected chi connectivity index (χ3v) is 2.03. The Morgan fingerprint density at radius 2 is 2.06 bits per heavy atom. The van der Waals surface area contributed by atoms with E-state index in [1.165, 1.54) is 0 Å². The number of nitrogens with zero attached hydrogens (tertiary/aromatic N) is 1. The topological polar surface area (TPSA) is 33.1 Å². The number of fused-ring (bicyclic) bond motifs is 1. The molecular formula is C14H9NO. The molecule has 0 spiro atoms. The molecule has 0 atom stereocenters. The Morgan fingerprint density at radius 1 is 1.19 bits per heavy atom. The van der Waals surface area contributed by atoms with Crippen molar-refractivity contribution in [3.63, 3.8) is 0 Å². The molecule has 0 fully saturated rings. The van der Waals surface area contributed by atoms with Crippen molar-refractivity contribution in [1.29, 1.82) is 0 Å². The number of para-hydroxylation sites is 1. The third-order valence-electron chi connectivity index (χ3n) is 2.03. The Bertz CT molecular complexity index is 623. The van der Waals surface area contributed by atoms with Crippen LogP contribution in [0, 0.1) is 23.7 Å². The summed E-state index contributed by atoms with van der Waals surface area (Å²) < 4.78 is 0.